The van der Waals surface area contributed by atoms with Crippen LogP contribution in [-0.2, 0) is 22.6 Å². The number of aromatic nitrogens is 6. The molecule has 0 aliphatic rings. The van der Waals surface area contributed by atoms with Crippen LogP contribution in [0.3, 0.4) is 0 Å². The lowest BCUT2D eigenvalue weighted by Crippen LogP contribution is -2.12. The van der Waals surface area contributed by atoms with E-state index in [4.69, 9.17) is 0 Å². The topological polar surface area (TPSA) is 104 Å². The van der Waals surface area contributed by atoms with Crippen molar-refractivity contribution in [2.75, 3.05) is 0 Å². The van der Waals surface area contributed by atoms with Gasteiger partial charge in [0.2, 0.25) is 9.84 Å². The van der Waals surface area contributed by atoms with Gasteiger partial charge >= 0.3 is 0 Å². The van der Waals surface area contributed by atoms with E-state index in [2.05, 4.69) is 25.5 Å². The molecule has 0 atom stereocenters. The van der Waals surface area contributed by atoms with Crippen LogP contribution in [0.15, 0.2) is 59.1 Å². The number of sulfone groups is 1. The molecule has 136 valence electrons. The predicted molar refractivity (Wildman–Crippen MR) is 100 cm³/mol. The molecule has 0 unspecified atom stereocenters. The van der Waals surface area contributed by atoms with E-state index in [0.717, 1.165) is 4.88 Å². The van der Waals surface area contributed by atoms with Gasteiger partial charge in [0.05, 0.1) is 16.2 Å². The minimum atomic E-state index is -3.76. The summed E-state index contributed by atoms with van der Waals surface area (Å²) >= 11 is 1.44. The Hall–Kier alpha value is -2.98. The summed E-state index contributed by atoms with van der Waals surface area (Å²) in [4.78, 5) is 9.49. The molecule has 4 aromatic rings. The zero-order chi connectivity index (χ0) is 18.9. The Labute approximate surface area is 159 Å². The maximum Gasteiger partial charge on any atom is 0.200 e. The molecule has 0 aliphatic heterocycles. The Morgan fingerprint density at radius 1 is 1.11 bits per heavy atom. The normalized spacial score (nSPS) is 11.6. The summed E-state index contributed by atoms with van der Waals surface area (Å²) in [6.07, 6.45) is 1.46. The van der Waals surface area contributed by atoms with Crippen molar-refractivity contribution in [2.24, 2.45) is 7.05 Å². The van der Waals surface area contributed by atoms with Crippen molar-refractivity contribution >= 4 is 21.2 Å². The van der Waals surface area contributed by atoms with Gasteiger partial charge in [-0.3, -0.25) is 0 Å². The van der Waals surface area contributed by atoms with Crippen molar-refractivity contribution in [3.63, 3.8) is 0 Å². The highest BCUT2D eigenvalue weighted by Crippen LogP contribution is 2.29. The number of hydrogen-bond acceptors (Lipinski definition) is 8. The van der Waals surface area contributed by atoms with Crippen molar-refractivity contribution in [1.29, 1.82) is 0 Å². The van der Waals surface area contributed by atoms with Crippen molar-refractivity contribution in [2.45, 2.75) is 10.8 Å². The van der Waals surface area contributed by atoms with Gasteiger partial charge < -0.3 is 0 Å². The van der Waals surface area contributed by atoms with Gasteiger partial charge in [-0.1, -0.05) is 36.4 Å². The van der Waals surface area contributed by atoms with Crippen molar-refractivity contribution in [3.05, 3.63) is 59.6 Å². The average molecular weight is 398 g/mol. The predicted octanol–water partition coefficient (Wildman–Crippen LogP) is 2.37. The van der Waals surface area contributed by atoms with E-state index in [1.165, 1.54) is 22.2 Å². The molecular weight excluding hydrogens is 384 g/mol. The number of nitrogens with zero attached hydrogens (tertiary/aromatic N) is 6. The summed E-state index contributed by atoms with van der Waals surface area (Å²) in [5.74, 6) is 0.474. The molecule has 3 heterocycles. The molecule has 1 aromatic carbocycles. The van der Waals surface area contributed by atoms with E-state index in [1.54, 1.807) is 31.3 Å². The summed E-state index contributed by atoms with van der Waals surface area (Å²) < 4.78 is 27.8. The van der Waals surface area contributed by atoms with Gasteiger partial charge in [-0.05, 0) is 27.4 Å². The summed E-state index contributed by atoms with van der Waals surface area (Å²) in [6, 6.07) is 12.7. The Balaban J connectivity index is 1.87. The summed E-state index contributed by atoms with van der Waals surface area (Å²) in [6.45, 7) is 0. The average Bonchev–Trinajstić information content (AvgIpc) is 3.33. The lowest BCUT2D eigenvalue weighted by Gasteiger charge is -2.10. The van der Waals surface area contributed by atoms with Crippen molar-refractivity contribution in [3.8, 4) is 22.1 Å². The third-order valence-electron chi connectivity index (χ3n) is 3.85. The Morgan fingerprint density at radius 2 is 1.93 bits per heavy atom. The van der Waals surface area contributed by atoms with Crippen LogP contribution in [0, 0.1) is 0 Å². The Kier molecular flexibility index (Phi) is 4.50. The van der Waals surface area contributed by atoms with Crippen molar-refractivity contribution < 1.29 is 8.42 Å². The minimum Gasteiger partial charge on any atom is -0.235 e. The molecule has 0 aliphatic carbocycles. The second kappa shape index (κ2) is 6.97. The minimum absolute atomic E-state index is 0.0809. The summed E-state index contributed by atoms with van der Waals surface area (Å²) in [5.41, 5.74) is 0.953. The van der Waals surface area contributed by atoms with Gasteiger partial charge in [-0.15, -0.1) is 16.4 Å². The fourth-order valence-corrected chi connectivity index (χ4v) is 4.74. The van der Waals surface area contributed by atoms with E-state index in [-0.39, 0.29) is 16.3 Å². The van der Waals surface area contributed by atoms with E-state index in [1.807, 2.05) is 23.6 Å². The van der Waals surface area contributed by atoms with Crippen LogP contribution >= 0.6 is 11.3 Å². The zero-order valence-electron chi connectivity index (χ0n) is 14.2. The molecule has 0 fully saturated rings. The molecule has 0 saturated carbocycles. The van der Waals surface area contributed by atoms with Crippen LogP contribution in [0.5, 0.6) is 0 Å². The Morgan fingerprint density at radius 3 is 2.59 bits per heavy atom. The van der Waals surface area contributed by atoms with Crippen LogP contribution in [0.4, 0.5) is 0 Å². The van der Waals surface area contributed by atoms with Crippen LogP contribution < -0.4 is 0 Å². The maximum absolute atomic E-state index is 13.2. The van der Waals surface area contributed by atoms with Crippen LogP contribution in [0.1, 0.15) is 5.56 Å². The number of aryl methyl sites for hydroxylation is 1. The maximum atomic E-state index is 13.2. The van der Waals surface area contributed by atoms with Crippen LogP contribution in [0.2, 0.25) is 0 Å². The van der Waals surface area contributed by atoms with Gasteiger partial charge in [0.25, 0.3) is 0 Å². The van der Waals surface area contributed by atoms with Gasteiger partial charge in [0.1, 0.15) is 0 Å². The lowest BCUT2D eigenvalue weighted by molar-refractivity contribution is 0.591. The molecule has 0 bridgehead atoms. The number of hydrogen-bond donors (Lipinski definition) is 0. The molecule has 27 heavy (non-hydrogen) atoms. The van der Waals surface area contributed by atoms with Crippen molar-refractivity contribution in [1.82, 2.24) is 30.2 Å². The molecule has 0 radical (unpaired) electrons. The van der Waals surface area contributed by atoms with E-state index < -0.39 is 9.84 Å². The SMILES string of the molecule is Cn1nnnc1-c1cnc(-c2cccs2)nc1S(=O)(=O)Cc1ccccc1. The number of benzene rings is 1. The third kappa shape index (κ3) is 3.49. The first-order valence-electron chi connectivity index (χ1n) is 7.95. The quantitative estimate of drug-likeness (QED) is 0.475. The molecule has 10 heteroatoms. The monoisotopic (exact) mass is 398 g/mol. The fourth-order valence-electron chi connectivity index (χ4n) is 2.60. The smallest absolute Gasteiger partial charge is 0.200 e. The highest BCUT2D eigenvalue weighted by Gasteiger charge is 2.26. The molecule has 0 saturated heterocycles. The summed E-state index contributed by atoms with van der Waals surface area (Å²) in [5, 5.41) is 13.1. The van der Waals surface area contributed by atoms with Gasteiger partial charge in [-0.2, -0.15) is 0 Å². The van der Waals surface area contributed by atoms with Gasteiger partial charge in [0, 0.05) is 13.2 Å². The third-order valence-corrected chi connectivity index (χ3v) is 6.33. The number of thiophene rings is 1. The highest BCUT2D eigenvalue weighted by molar-refractivity contribution is 7.90. The first-order chi connectivity index (χ1) is 13.0. The number of rotatable bonds is 5. The number of tetrazole rings is 1. The zero-order valence-corrected chi connectivity index (χ0v) is 15.9. The van der Waals surface area contributed by atoms with Gasteiger partial charge in [-0.25, -0.2) is 23.1 Å². The Bertz CT molecular complexity index is 1170. The first-order valence-corrected chi connectivity index (χ1v) is 10.5. The first kappa shape index (κ1) is 17.4. The van der Waals surface area contributed by atoms with Crippen LogP contribution in [0.25, 0.3) is 22.1 Å². The second-order valence-corrected chi connectivity index (χ2v) is 8.61. The second-order valence-electron chi connectivity index (χ2n) is 5.76. The fraction of sp³-hybridized carbons (Fsp3) is 0.118. The van der Waals surface area contributed by atoms with Gasteiger partial charge in [0.15, 0.2) is 16.7 Å². The molecule has 0 spiro atoms. The highest BCUT2D eigenvalue weighted by atomic mass is 32.2. The van der Waals surface area contributed by atoms with Crippen LogP contribution in [-0.4, -0.2) is 38.6 Å². The van der Waals surface area contributed by atoms with E-state index in [9.17, 15) is 8.42 Å². The molecule has 8 nitrogen and oxygen atoms in total. The molecule has 3 aromatic heterocycles. The molecule has 4 rings (SSSR count). The summed E-state index contributed by atoms with van der Waals surface area (Å²) in [7, 11) is -2.12. The molecule has 0 amide bonds. The molecule has 0 N–H and O–H groups in total. The van der Waals surface area contributed by atoms with E-state index in [0.29, 0.717) is 17.2 Å². The van der Waals surface area contributed by atoms with E-state index >= 15 is 0 Å². The lowest BCUT2D eigenvalue weighted by atomic mass is 10.2. The largest absolute Gasteiger partial charge is 0.235 e. The molecular formula is C17H14N6O2S2. The standard InChI is InChI=1S/C17H14N6O2S2/c1-23-16(20-21-22-23)13-10-18-15(14-8-5-9-26-14)19-17(13)27(24,25)11-12-6-3-2-4-7-12/h2-10H,11H2,1H3.